The molecule has 0 saturated carbocycles. The maximum atomic E-state index is 11.8. The molecule has 1 aliphatic heterocycles. The molecule has 1 aromatic carbocycles. The third kappa shape index (κ3) is 5.42. The molecule has 7 nitrogen and oxygen atoms in total. The monoisotopic (exact) mass is 346 g/mol. The molecule has 25 heavy (non-hydrogen) atoms. The van der Waals surface area contributed by atoms with Crippen LogP contribution in [0.4, 0.5) is 4.79 Å². The summed E-state index contributed by atoms with van der Waals surface area (Å²) in [6.07, 6.45) is 2.15. The molecular weight excluding hydrogens is 324 g/mol. The molecular formula is C18H22N2O5. The first kappa shape index (κ1) is 17.2. The number of hydrogen-bond donors (Lipinski definition) is 2. The Kier molecular flexibility index (Phi) is 6.17. The number of rotatable bonds is 8. The number of benzene rings is 1. The molecule has 134 valence electrons. The Morgan fingerprint density at radius 3 is 2.88 bits per heavy atom. The largest absolute Gasteiger partial charge is 0.486 e. The second kappa shape index (κ2) is 8.98. The molecule has 0 saturated heterocycles. The minimum absolute atomic E-state index is 0.197. The van der Waals surface area contributed by atoms with Gasteiger partial charge in [0.25, 0.3) is 0 Å². The third-order valence-electron chi connectivity index (χ3n) is 3.63. The van der Waals surface area contributed by atoms with Crippen molar-refractivity contribution in [3.05, 3.63) is 48.4 Å². The van der Waals surface area contributed by atoms with Crippen LogP contribution in [0.5, 0.6) is 11.5 Å². The fraction of sp³-hybridized carbons (Fsp3) is 0.389. The van der Waals surface area contributed by atoms with Crippen LogP contribution in [0.1, 0.15) is 12.2 Å². The molecule has 0 spiro atoms. The van der Waals surface area contributed by atoms with Crippen LogP contribution in [-0.2, 0) is 11.3 Å². The lowest BCUT2D eigenvalue weighted by atomic mass is 10.2. The van der Waals surface area contributed by atoms with Gasteiger partial charge < -0.3 is 29.3 Å². The summed E-state index contributed by atoms with van der Waals surface area (Å²) in [5, 5.41) is 5.57. The summed E-state index contributed by atoms with van der Waals surface area (Å²) in [6, 6.07) is 11.0. The Morgan fingerprint density at radius 2 is 2.04 bits per heavy atom. The van der Waals surface area contributed by atoms with Crippen LogP contribution in [0.15, 0.2) is 47.1 Å². The lowest BCUT2D eigenvalue weighted by Crippen LogP contribution is -2.44. The van der Waals surface area contributed by atoms with E-state index in [4.69, 9.17) is 18.6 Å². The van der Waals surface area contributed by atoms with Crippen LogP contribution in [0.25, 0.3) is 0 Å². The van der Waals surface area contributed by atoms with E-state index in [0.717, 1.165) is 17.9 Å². The van der Waals surface area contributed by atoms with Gasteiger partial charge in [-0.3, -0.25) is 0 Å². The number of ether oxygens (including phenoxy) is 3. The van der Waals surface area contributed by atoms with Crippen LogP contribution in [0.2, 0.25) is 0 Å². The summed E-state index contributed by atoms with van der Waals surface area (Å²) in [7, 11) is 0. The first-order valence-electron chi connectivity index (χ1n) is 8.31. The first-order chi connectivity index (χ1) is 12.3. The van der Waals surface area contributed by atoms with Crippen molar-refractivity contribution in [2.75, 3.05) is 26.3 Å². The van der Waals surface area contributed by atoms with E-state index < -0.39 is 0 Å². The van der Waals surface area contributed by atoms with Crippen molar-refractivity contribution in [3.8, 4) is 11.5 Å². The van der Waals surface area contributed by atoms with E-state index in [1.54, 1.807) is 6.26 Å². The van der Waals surface area contributed by atoms with Crippen LogP contribution in [0.3, 0.4) is 0 Å². The van der Waals surface area contributed by atoms with Crippen LogP contribution in [0, 0.1) is 0 Å². The molecule has 2 aromatic rings. The molecule has 2 heterocycles. The summed E-state index contributed by atoms with van der Waals surface area (Å²) >= 11 is 0. The number of para-hydroxylation sites is 2. The molecule has 0 fully saturated rings. The molecule has 2 amide bonds. The minimum Gasteiger partial charge on any atom is -0.486 e. The number of urea groups is 1. The fourth-order valence-corrected chi connectivity index (χ4v) is 2.38. The number of amides is 2. The quantitative estimate of drug-likeness (QED) is 0.717. The van der Waals surface area contributed by atoms with E-state index in [-0.39, 0.29) is 12.1 Å². The number of fused-ring (bicyclic) bond motifs is 1. The maximum absolute atomic E-state index is 11.8. The Labute approximate surface area is 146 Å². The number of furan rings is 1. The second-order valence-corrected chi connectivity index (χ2v) is 5.62. The van der Waals surface area contributed by atoms with Crippen molar-refractivity contribution in [1.29, 1.82) is 0 Å². The smallest absolute Gasteiger partial charge is 0.314 e. The Hall–Kier alpha value is -2.67. The van der Waals surface area contributed by atoms with Gasteiger partial charge >= 0.3 is 6.03 Å². The van der Waals surface area contributed by atoms with Gasteiger partial charge in [-0.05, 0) is 30.7 Å². The highest BCUT2D eigenvalue weighted by Crippen LogP contribution is 2.30. The van der Waals surface area contributed by atoms with Gasteiger partial charge in [0, 0.05) is 13.2 Å². The molecule has 1 aliphatic rings. The number of hydrogen-bond acceptors (Lipinski definition) is 5. The molecule has 3 rings (SSSR count). The lowest BCUT2D eigenvalue weighted by molar-refractivity contribution is 0.0915. The second-order valence-electron chi connectivity index (χ2n) is 5.62. The average Bonchev–Trinajstić information content (AvgIpc) is 3.16. The van der Waals surface area contributed by atoms with Crippen molar-refractivity contribution in [1.82, 2.24) is 10.6 Å². The number of nitrogens with one attached hydrogen (secondary N) is 2. The van der Waals surface area contributed by atoms with Gasteiger partial charge in [-0.15, -0.1) is 0 Å². The van der Waals surface area contributed by atoms with Gasteiger partial charge in [0.1, 0.15) is 19.0 Å². The van der Waals surface area contributed by atoms with Gasteiger partial charge in [0.05, 0.1) is 12.8 Å². The van der Waals surface area contributed by atoms with Gasteiger partial charge in [-0.25, -0.2) is 4.79 Å². The van der Waals surface area contributed by atoms with E-state index >= 15 is 0 Å². The predicted molar refractivity (Wildman–Crippen MR) is 90.7 cm³/mol. The minimum atomic E-state index is -0.228. The number of carbonyl (C=O) groups excluding carboxylic acids is 1. The van der Waals surface area contributed by atoms with Crippen molar-refractivity contribution >= 4 is 6.03 Å². The molecule has 1 atom stereocenters. The lowest BCUT2D eigenvalue weighted by Gasteiger charge is -2.26. The van der Waals surface area contributed by atoms with Crippen LogP contribution < -0.4 is 20.1 Å². The Bertz CT molecular complexity index is 659. The molecule has 7 heteroatoms. The highest BCUT2D eigenvalue weighted by atomic mass is 16.6. The Morgan fingerprint density at radius 1 is 1.16 bits per heavy atom. The van der Waals surface area contributed by atoms with Crippen LogP contribution >= 0.6 is 0 Å². The highest BCUT2D eigenvalue weighted by Gasteiger charge is 2.20. The van der Waals surface area contributed by atoms with E-state index in [0.29, 0.717) is 38.7 Å². The maximum Gasteiger partial charge on any atom is 0.314 e. The molecule has 2 N–H and O–H groups in total. The van der Waals surface area contributed by atoms with Crippen molar-refractivity contribution in [2.24, 2.45) is 0 Å². The van der Waals surface area contributed by atoms with Crippen molar-refractivity contribution in [3.63, 3.8) is 0 Å². The first-order valence-corrected chi connectivity index (χ1v) is 8.31. The zero-order valence-corrected chi connectivity index (χ0v) is 13.9. The van der Waals surface area contributed by atoms with Gasteiger partial charge in [-0.2, -0.15) is 0 Å². The summed E-state index contributed by atoms with van der Waals surface area (Å²) in [4.78, 5) is 11.8. The molecule has 0 unspecified atom stereocenters. The van der Waals surface area contributed by atoms with E-state index in [1.807, 2.05) is 36.4 Å². The van der Waals surface area contributed by atoms with Crippen molar-refractivity contribution < 1.29 is 23.4 Å². The average molecular weight is 346 g/mol. The fourth-order valence-electron chi connectivity index (χ4n) is 2.38. The highest BCUT2D eigenvalue weighted by molar-refractivity contribution is 5.73. The summed E-state index contributed by atoms with van der Waals surface area (Å²) in [5.41, 5.74) is 0. The summed E-state index contributed by atoms with van der Waals surface area (Å²) < 4.78 is 22.0. The Balaban J connectivity index is 1.24. The molecule has 0 aliphatic carbocycles. The summed E-state index contributed by atoms with van der Waals surface area (Å²) in [5.74, 6) is 2.23. The summed E-state index contributed by atoms with van der Waals surface area (Å²) in [6.45, 7) is 2.33. The van der Waals surface area contributed by atoms with Crippen LogP contribution in [-0.4, -0.2) is 38.4 Å². The van der Waals surface area contributed by atoms with E-state index in [1.165, 1.54) is 0 Å². The standard InChI is InChI=1S/C18H22N2O5/c21-18(19-8-4-9-22-12-14-5-3-10-23-14)20-11-15-13-24-16-6-1-2-7-17(16)25-15/h1-3,5-7,10,15H,4,8-9,11-13H2,(H2,19,20,21)/t15-/m1/s1. The van der Waals surface area contributed by atoms with E-state index in [9.17, 15) is 4.79 Å². The van der Waals surface area contributed by atoms with E-state index in [2.05, 4.69) is 10.6 Å². The van der Waals surface area contributed by atoms with Gasteiger partial charge in [0.15, 0.2) is 17.6 Å². The van der Waals surface area contributed by atoms with Gasteiger partial charge in [0.2, 0.25) is 0 Å². The molecule has 0 radical (unpaired) electrons. The molecule has 0 bridgehead atoms. The normalized spacial score (nSPS) is 15.6. The topological polar surface area (TPSA) is 82.0 Å². The van der Waals surface area contributed by atoms with Crippen molar-refractivity contribution in [2.45, 2.75) is 19.1 Å². The zero-order valence-electron chi connectivity index (χ0n) is 13.9. The molecule has 1 aromatic heterocycles. The predicted octanol–water partition coefficient (Wildman–Crippen LogP) is 2.33. The SMILES string of the molecule is O=C(NCCCOCc1ccco1)NC[C@@H]1COc2ccccc2O1. The van der Waals surface area contributed by atoms with Gasteiger partial charge in [-0.1, -0.05) is 12.1 Å². The third-order valence-corrected chi connectivity index (χ3v) is 3.63. The zero-order chi connectivity index (χ0) is 17.3. The number of carbonyl (C=O) groups is 1.